The summed E-state index contributed by atoms with van der Waals surface area (Å²) in [6, 6.07) is 9.26. The number of nitro benzene ring substituents is 1. The lowest BCUT2D eigenvalue weighted by Gasteiger charge is -2.04. The smallest absolute Gasteiger partial charge is 0.269 e. The average Bonchev–Trinajstić information content (AvgIpc) is 2.48. The van der Waals surface area contributed by atoms with Crippen LogP contribution in [0.4, 0.5) is 11.5 Å². The van der Waals surface area contributed by atoms with Gasteiger partial charge in [0.15, 0.2) is 0 Å². The summed E-state index contributed by atoms with van der Waals surface area (Å²) in [5.41, 5.74) is 0.0224. The van der Waals surface area contributed by atoms with Crippen LogP contribution in [0, 0.1) is 10.1 Å². The number of amides is 1. The van der Waals surface area contributed by atoms with Crippen LogP contribution >= 0.6 is 23.4 Å². The molecule has 108 valence electrons. The summed E-state index contributed by atoms with van der Waals surface area (Å²) in [7, 11) is 0. The number of benzene rings is 1. The van der Waals surface area contributed by atoms with Crippen molar-refractivity contribution in [1.82, 2.24) is 4.98 Å². The lowest BCUT2D eigenvalue weighted by atomic mass is 10.3. The first-order valence-electron chi connectivity index (χ1n) is 5.83. The van der Waals surface area contributed by atoms with Gasteiger partial charge in [0.1, 0.15) is 5.82 Å². The molecule has 0 aliphatic carbocycles. The summed E-state index contributed by atoms with van der Waals surface area (Å²) in [5, 5.41) is 13.6. The fourth-order valence-corrected chi connectivity index (χ4v) is 2.25. The summed E-state index contributed by atoms with van der Waals surface area (Å²) in [6.45, 7) is 0. The first-order valence-corrected chi connectivity index (χ1v) is 7.19. The Balaban J connectivity index is 1.86. The molecule has 1 amide bonds. The number of nitrogens with one attached hydrogen (secondary N) is 1. The second-order valence-electron chi connectivity index (χ2n) is 3.95. The molecule has 1 aromatic heterocycles. The Hall–Kier alpha value is -2.12. The average molecular weight is 324 g/mol. The van der Waals surface area contributed by atoms with Crippen LogP contribution in [-0.2, 0) is 4.79 Å². The summed E-state index contributed by atoms with van der Waals surface area (Å²) < 4.78 is 0. The summed E-state index contributed by atoms with van der Waals surface area (Å²) >= 11 is 6.98. The fourth-order valence-electron chi connectivity index (χ4n) is 1.44. The molecule has 0 radical (unpaired) electrons. The highest BCUT2D eigenvalue weighted by Gasteiger charge is 2.07. The van der Waals surface area contributed by atoms with E-state index in [1.54, 1.807) is 24.3 Å². The van der Waals surface area contributed by atoms with Crippen molar-refractivity contribution in [2.24, 2.45) is 0 Å². The van der Waals surface area contributed by atoms with Crippen LogP contribution < -0.4 is 5.32 Å². The Bertz CT molecular complexity index is 647. The lowest BCUT2D eigenvalue weighted by Crippen LogP contribution is -2.14. The van der Waals surface area contributed by atoms with Gasteiger partial charge in [-0.25, -0.2) is 4.98 Å². The van der Waals surface area contributed by atoms with Crippen molar-refractivity contribution in [3.8, 4) is 0 Å². The second kappa shape index (κ2) is 7.05. The number of hydrogen-bond donors (Lipinski definition) is 1. The van der Waals surface area contributed by atoms with Crippen molar-refractivity contribution in [2.45, 2.75) is 4.90 Å². The maximum atomic E-state index is 11.7. The minimum atomic E-state index is -0.465. The topological polar surface area (TPSA) is 85.1 Å². The number of pyridine rings is 1. The van der Waals surface area contributed by atoms with E-state index >= 15 is 0 Å². The van der Waals surface area contributed by atoms with Gasteiger partial charge in [-0.3, -0.25) is 14.9 Å². The van der Waals surface area contributed by atoms with Crippen LogP contribution in [0.25, 0.3) is 0 Å². The molecule has 0 aliphatic heterocycles. The van der Waals surface area contributed by atoms with E-state index in [0.717, 1.165) is 4.90 Å². The van der Waals surface area contributed by atoms with E-state index in [4.69, 9.17) is 11.6 Å². The van der Waals surface area contributed by atoms with E-state index < -0.39 is 4.92 Å². The molecule has 1 heterocycles. The number of nitrogens with zero attached hydrogens (tertiary/aromatic N) is 2. The molecule has 0 saturated carbocycles. The second-order valence-corrected chi connectivity index (χ2v) is 5.43. The van der Waals surface area contributed by atoms with Crippen molar-refractivity contribution in [1.29, 1.82) is 0 Å². The third-order valence-corrected chi connectivity index (χ3v) is 3.65. The Morgan fingerprint density at radius 2 is 2.00 bits per heavy atom. The molecule has 1 aromatic carbocycles. The van der Waals surface area contributed by atoms with E-state index in [9.17, 15) is 14.9 Å². The van der Waals surface area contributed by atoms with E-state index in [2.05, 4.69) is 10.3 Å². The van der Waals surface area contributed by atoms with Gasteiger partial charge >= 0.3 is 0 Å². The van der Waals surface area contributed by atoms with E-state index in [0.29, 0.717) is 10.8 Å². The molecule has 0 spiro atoms. The third-order valence-electron chi connectivity index (χ3n) is 2.41. The van der Waals surface area contributed by atoms with E-state index in [1.807, 2.05) is 0 Å². The van der Waals surface area contributed by atoms with Crippen LogP contribution in [-0.4, -0.2) is 21.6 Å². The van der Waals surface area contributed by atoms with Gasteiger partial charge in [-0.1, -0.05) is 11.6 Å². The van der Waals surface area contributed by atoms with Crippen molar-refractivity contribution in [3.63, 3.8) is 0 Å². The monoisotopic (exact) mass is 323 g/mol. The molecule has 0 atom stereocenters. The van der Waals surface area contributed by atoms with Gasteiger partial charge < -0.3 is 5.32 Å². The predicted molar refractivity (Wildman–Crippen MR) is 81.7 cm³/mol. The largest absolute Gasteiger partial charge is 0.310 e. The number of non-ortho nitro benzene ring substituents is 1. The Labute approximate surface area is 129 Å². The first-order chi connectivity index (χ1) is 10.0. The zero-order valence-corrected chi connectivity index (χ0v) is 12.2. The highest BCUT2D eigenvalue weighted by atomic mass is 35.5. The molecule has 0 unspecified atom stereocenters. The zero-order chi connectivity index (χ0) is 15.2. The Morgan fingerprint density at radius 1 is 1.29 bits per heavy atom. The minimum Gasteiger partial charge on any atom is -0.310 e. The number of carbonyl (C=O) groups is 1. The normalized spacial score (nSPS) is 10.1. The highest BCUT2D eigenvalue weighted by Crippen LogP contribution is 2.21. The maximum absolute atomic E-state index is 11.7. The molecule has 0 bridgehead atoms. The first kappa shape index (κ1) is 15.3. The Morgan fingerprint density at radius 3 is 2.57 bits per heavy atom. The van der Waals surface area contributed by atoms with Crippen molar-refractivity contribution in [3.05, 3.63) is 57.7 Å². The quantitative estimate of drug-likeness (QED) is 0.518. The number of aromatic nitrogens is 1. The molecule has 0 fully saturated rings. The minimum absolute atomic E-state index is 0.0224. The number of hydrogen-bond acceptors (Lipinski definition) is 5. The van der Waals surface area contributed by atoms with Crippen LogP contribution in [0.15, 0.2) is 47.5 Å². The van der Waals surface area contributed by atoms with Gasteiger partial charge in [0.05, 0.1) is 15.7 Å². The SMILES string of the molecule is O=C(CSc1ccc([N+](=O)[O-])cc1)Nc1ccc(Cl)cn1. The van der Waals surface area contributed by atoms with Gasteiger partial charge in [0, 0.05) is 23.2 Å². The number of halogens is 1. The van der Waals surface area contributed by atoms with Gasteiger partial charge in [-0.15, -0.1) is 11.8 Å². The number of thioether (sulfide) groups is 1. The number of rotatable bonds is 5. The molecule has 21 heavy (non-hydrogen) atoms. The fraction of sp³-hybridized carbons (Fsp3) is 0.0769. The van der Waals surface area contributed by atoms with Crippen LogP contribution in [0.5, 0.6) is 0 Å². The van der Waals surface area contributed by atoms with Gasteiger partial charge in [-0.2, -0.15) is 0 Å². The van der Waals surface area contributed by atoms with Gasteiger partial charge in [0.2, 0.25) is 5.91 Å². The summed E-state index contributed by atoms with van der Waals surface area (Å²) in [6.07, 6.45) is 1.45. The van der Waals surface area contributed by atoms with Crippen molar-refractivity contribution < 1.29 is 9.72 Å². The summed E-state index contributed by atoms with van der Waals surface area (Å²) in [5.74, 6) is 0.393. The van der Waals surface area contributed by atoms with Crippen molar-refractivity contribution >= 4 is 40.8 Å². The number of anilines is 1. The number of carbonyl (C=O) groups excluding carboxylic acids is 1. The number of nitro groups is 1. The third kappa shape index (κ3) is 4.73. The van der Waals surface area contributed by atoms with Crippen LogP contribution in [0.1, 0.15) is 0 Å². The van der Waals surface area contributed by atoms with Gasteiger partial charge in [-0.05, 0) is 24.3 Å². The van der Waals surface area contributed by atoms with Crippen molar-refractivity contribution in [2.75, 3.05) is 11.1 Å². The van der Waals surface area contributed by atoms with Crippen LogP contribution in [0.2, 0.25) is 5.02 Å². The van der Waals surface area contributed by atoms with E-state index in [-0.39, 0.29) is 17.3 Å². The molecule has 8 heteroatoms. The molecule has 2 rings (SSSR count). The molecule has 0 aliphatic rings. The lowest BCUT2D eigenvalue weighted by molar-refractivity contribution is -0.384. The molecule has 6 nitrogen and oxygen atoms in total. The maximum Gasteiger partial charge on any atom is 0.269 e. The van der Waals surface area contributed by atoms with Gasteiger partial charge in [0.25, 0.3) is 5.69 Å². The van der Waals surface area contributed by atoms with Crippen LogP contribution in [0.3, 0.4) is 0 Å². The summed E-state index contributed by atoms with van der Waals surface area (Å²) in [4.78, 5) is 26.5. The Kier molecular flexibility index (Phi) is 5.13. The molecular weight excluding hydrogens is 314 g/mol. The molecule has 2 aromatic rings. The zero-order valence-electron chi connectivity index (χ0n) is 10.7. The molecular formula is C13H10ClN3O3S. The van der Waals surface area contributed by atoms with E-state index in [1.165, 1.54) is 30.1 Å². The molecule has 0 saturated heterocycles. The highest BCUT2D eigenvalue weighted by molar-refractivity contribution is 8.00. The molecule has 1 N–H and O–H groups in total. The standard InChI is InChI=1S/C13H10ClN3O3S/c14-9-1-6-12(15-7-9)16-13(18)8-21-11-4-2-10(3-5-11)17(19)20/h1-7H,8H2,(H,15,16,18). The predicted octanol–water partition coefficient (Wildman–Crippen LogP) is 3.37.